The van der Waals surface area contributed by atoms with E-state index in [9.17, 15) is 14.0 Å². The Morgan fingerprint density at radius 2 is 1.88 bits per heavy atom. The second-order valence-corrected chi connectivity index (χ2v) is 10.7. The average Bonchev–Trinajstić information content (AvgIpc) is 2.91. The molecule has 0 radical (unpaired) electrons. The average molecular weight is 491 g/mol. The van der Waals surface area contributed by atoms with Gasteiger partial charge in [-0.1, -0.05) is 44.0 Å². The number of hydrogen-bond acceptors (Lipinski definition) is 4. The minimum Gasteiger partial charge on any atom is -0.465 e. The summed E-state index contributed by atoms with van der Waals surface area (Å²) >= 11 is 8.16. The number of carbonyl (C=O) groups is 2. The molecule has 1 aliphatic carbocycles. The summed E-state index contributed by atoms with van der Waals surface area (Å²) in [6.07, 6.45) is 0.635. The molecule has 1 fully saturated rings. The van der Waals surface area contributed by atoms with Gasteiger partial charge in [-0.2, -0.15) is 0 Å². The summed E-state index contributed by atoms with van der Waals surface area (Å²) in [5.74, 6) is -1.11. The van der Waals surface area contributed by atoms with Crippen molar-refractivity contribution in [2.24, 2.45) is 5.41 Å². The number of rotatable bonds is 4. The monoisotopic (exact) mass is 489 g/mol. The molecule has 1 heterocycles. The smallest absolute Gasteiger partial charge is 0.341 e. The third-order valence-corrected chi connectivity index (χ3v) is 7.53. The van der Waals surface area contributed by atoms with Crippen LogP contribution in [0.4, 0.5) is 9.39 Å². The van der Waals surface area contributed by atoms with Crippen LogP contribution in [0.2, 0.25) is 0 Å². The van der Waals surface area contributed by atoms with E-state index in [0.29, 0.717) is 22.5 Å². The zero-order valence-electron chi connectivity index (χ0n) is 13.4. The summed E-state index contributed by atoms with van der Waals surface area (Å²) in [4.78, 5) is 24.9. The summed E-state index contributed by atoms with van der Waals surface area (Å²) < 4.78 is 17.6. The fraction of sp³-hybridized carbons (Fsp3) is 0.294. The predicted molar refractivity (Wildman–Crippen MR) is 103 cm³/mol. The minimum atomic E-state index is -0.611. The predicted octanol–water partition coefficient (Wildman–Crippen LogP) is 5.18. The molecule has 1 N–H and O–H groups in total. The first-order valence-corrected chi connectivity index (χ1v) is 9.81. The van der Waals surface area contributed by atoms with E-state index in [1.807, 2.05) is 6.92 Å². The van der Waals surface area contributed by atoms with Crippen molar-refractivity contribution >= 4 is 60.1 Å². The zero-order chi connectivity index (χ0) is 18.4. The molecular formula is C17H14Br2FNO3S. The quantitative estimate of drug-likeness (QED) is 0.474. The third kappa shape index (κ3) is 3.27. The summed E-state index contributed by atoms with van der Waals surface area (Å²) in [5.41, 5.74) is 0.926. The zero-order valence-corrected chi connectivity index (χ0v) is 17.3. The Bertz CT molecular complexity index is 850. The summed E-state index contributed by atoms with van der Waals surface area (Å²) in [6.45, 7) is 1.83. The molecule has 0 bridgehead atoms. The highest BCUT2D eigenvalue weighted by molar-refractivity contribution is 9.25. The highest BCUT2D eigenvalue weighted by atomic mass is 79.9. The van der Waals surface area contributed by atoms with Gasteiger partial charge in [-0.25, -0.2) is 9.18 Å². The van der Waals surface area contributed by atoms with E-state index in [1.54, 1.807) is 17.5 Å². The van der Waals surface area contributed by atoms with Gasteiger partial charge in [0.2, 0.25) is 5.91 Å². The number of methoxy groups -OCH3 is 1. The van der Waals surface area contributed by atoms with Crippen LogP contribution in [-0.4, -0.2) is 22.2 Å². The minimum absolute atomic E-state index is 0.195. The van der Waals surface area contributed by atoms with Crippen molar-refractivity contribution in [3.8, 4) is 11.1 Å². The van der Waals surface area contributed by atoms with Crippen LogP contribution in [-0.2, 0) is 9.53 Å². The van der Waals surface area contributed by atoms with Crippen LogP contribution in [0.1, 0.15) is 23.7 Å². The first-order chi connectivity index (χ1) is 11.7. The van der Waals surface area contributed by atoms with E-state index < -0.39 is 14.6 Å². The maximum absolute atomic E-state index is 13.2. The largest absolute Gasteiger partial charge is 0.465 e. The van der Waals surface area contributed by atoms with Crippen molar-refractivity contribution in [1.82, 2.24) is 0 Å². The summed E-state index contributed by atoms with van der Waals surface area (Å²) in [6, 6.07) is 5.81. The molecular weight excluding hydrogens is 477 g/mol. The standard InChI is InChI=1S/C17H14Br2FNO3S/c1-16(8-17(16,18)19)15(23)21-13-12(14(22)24-2)11(7-25-13)9-3-5-10(20)6-4-9/h3-7H,8H2,1-2H3,(H,21,23). The highest BCUT2D eigenvalue weighted by Crippen LogP contribution is 2.66. The molecule has 1 amide bonds. The number of benzene rings is 1. The number of halogens is 3. The van der Waals surface area contributed by atoms with Gasteiger partial charge in [0.25, 0.3) is 0 Å². The summed E-state index contributed by atoms with van der Waals surface area (Å²) in [7, 11) is 1.28. The molecule has 1 aliphatic rings. The molecule has 2 aromatic rings. The normalized spacial score (nSPS) is 20.8. The lowest BCUT2D eigenvalue weighted by Gasteiger charge is -2.13. The fourth-order valence-electron chi connectivity index (χ4n) is 2.48. The van der Waals surface area contributed by atoms with Crippen LogP contribution in [0.5, 0.6) is 0 Å². The number of hydrogen-bond donors (Lipinski definition) is 1. The van der Waals surface area contributed by atoms with Crippen LogP contribution >= 0.6 is 43.2 Å². The number of thiophene rings is 1. The maximum atomic E-state index is 13.2. The van der Waals surface area contributed by atoms with E-state index in [0.717, 1.165) is 0 Å². The molecule has 0 saturated heterocycles. The Kier molecular flexibility index (Phi) is 4.81. The Balaban J connectivity index is 1.96. The van der Waals surface area contributed by atoms with Gasteiger partial charge < -0.3 is 10.1 Å². The fourth-order valence-corrected chi connectivity index (χ4v) is 4.92. The Hall–Kier alpha value is -1.25. The van der Waals surface area contributed by atoms with E-state index in [-0.39, 0.29) is 17.3 Å². The van der Waals surface area contributed by atoms with Gasteiger partial charge in [0.1, 0.15) is 16.4 Å². The van der Waals surface area contributed by atoms with E-state index in [1.165, 1.54) is 30.6 Å². The Morgan fingerprint density at radius 1 is 1.28 bits per heavy atom. The van der Waals surface area contributed by atoms with Crippen molar-refractivity contribution in [3.05, 3.63) is 41.0 Å². The molecule has 1 saturated carbocycles. The number of alkyl halides is 2. The molecule has 4 nitrogen and oxygen atoms in total. The van der Waals surface area contributed by atoms with E-state index in [2.05, 4.69) is 37.2 Å². The number of amides is 1. The number of carbonyl (C=O) groups excluding carboxylic acids is 2. The van der Waals surface area contributed by atoms with Crippen LogP contribution in [0, 0.1) is 11.2 Å². The van der Waals surface area contributed by atoms with Crippen molar-refractivity contribution < 1.29 is 18.7 Å². The topological polar surface area (TPSA) is 55.4 Å². The van der Waals surface area contributed by atoms with Crippen molar-refractivity contribution in [1.29, 1.82) is 0 Å². The molecule has 1 atom stereocenters. The van der Waals surface area contributed by atoms with Gasteiger partial charge in [-0.15, -0.1) is 11.3 Å². The first kappa shape index (κ1) is 18.5. The lowest BCUT2D eigenvalue weighted by molar-refractivity contribution is -0.120. The van der Waals surface area contributed by atoms with Crippen molar-refractivity contribution in [2.45, 2.75) is 16.6 Å². The van der Waals surface area contributed by atoms with Gasteiger partial charge in [-0.05, 0) is 31.0 Å². The number of anilines is 1. The SMILES string of the molecule is COC(=O)c1c(-c2ccc(F)cc2)csc1NC(=O)C1(C)CC1(Br)Br. The highest BCUT2D eigenvalue weighted by Gasteiger charge is 2.66. The second-order valence-electron chi connectivity index (χ2n) is 6.02. The maximum Gasteiger partial charge on any atom is 0.341 e. The van der Waals surface area contributed by atoms with Crippen LogP contribution in [0.3, 0.4) is 0 Å². The molecule has 0 aliphatic heterocycles. The van der Waals surface area contributed by atoms with Crippen molar-refractivity contribution in [2.75, 3.05) is 12.4 Å². The molecule has 132 valence electrons. The molecule has 1 aromatic heterocycles. The number of esters is 1. The van der Waals surface area contributed by atoms with Gasteiger partial charge in [0.15, 0.2) is 0 Å². The summed E-state index contributed by atoms with van der Waals surface area (Å²) in [5, 5.41) is 5.00. The van der Waals surface area contributed by atoms with Gasteiger partial charge in [-0.3, -0.25) is 4.79 Å². The van der Waals surface area contributed by atoms with Gasteiger partial charge >= 0.3 is 5.97 Å². The molecule has 1 unspecified atom stereocenters. The van der Waals surface area contributed by atoms with Crippen LogP contribution in [0.25, 0.3) is 11.1 Å². The van der Waals surface area contributed by atoms with Crippen LogP contribution in [0.15, 0.2) is 29.6 Å². The number of ether oxygens (including phenoxy) is 1. The van der Waals surface area contributed by atoms with Gasteiger partial charge in [0, 0.05) is 10.9 Å². The lowest BCUT2D eigenvalue weighted by Crippen LogP contribution is -2.26. The molecule has 8 heteroatoms. The number of nitrogens with one attached hydrogen (secondary N) is 1. The second kappa shape index (κ2) is 6.48. The Morgan fingerprint density at radius 3 is 2.40 bits per heavy atom. The van der Waals surface area contributed by atoms with E-state index in [4.69, 9.17) is 4.74 Å². The first-order valence-electron chi connectivity index (χ1n) is 7.34. The van der Waals surface area contributed by atoms with Gasteiger partial charge in [0.05, 0.1) is 15.8 Å². The Labute approximate surface area is 165 Å². The lowest BCUT2D eigenvalue weighted by atomic mass is 10.0. The third-order valence-electron chi connectivity index (χ3n) is 4.32. The molecule has 3 rings (SSSR count). The molecule has 0 spiro atoms. The van der Waals surface area contributed by atoms with Crippen molar-refractivity contribution in [3.63, 3.8) is 0 Å². The van der Waals surface area contributed by atoms with E-state index >= 15 is 0 Å². The van der Waals surface area contributed by atoms with Crippen LogP contribution < -0.4 is 5.32 Å². The molecule has 25 heavy (non-hydrogen) atoms. The molecule has 1 aromatic carbocycles.